The zero-order valence-corrected chi connectivity index (χ0v) is 14.8. The molecule has 0 unspecified atom stereocenters. The first-order valence-electron chi connectivity index (χ1n) is 6.57. The van der Waals surface area contributed by atoms with E-state index >= 15 is 0 Å². The number of carbonyl (C=O) groups excluding carboxylic acids is 2. The molecule has 4 nitrogen and oxygen atoms in total. The Balaban J connectivity index is -0.00000128. The molecule has 0 saturated heterocycles. The molecule has 0 radical (unpaired) electrons. The third-order valence-corrected chi connectivity index (χ3v) is 2.74. The first-order valence-corrected chi connectivity index (χ1v) is 6.57. The maximum atomic E-state index is 11.3. The number of ether oxygens (including phenoxy) is 1. The van der Waals surface area contributed by atoms with Crippen LogP contribution in [0.15, 0.2) is 0 Å². The molecule has 0 rings (SSSR count). The summed E-state index contributed by atoms with van der Waals surface area (Å²) in [5.74, 6) is -0.205. The van der Waals surface area contributed by atoms with Crippen molar-refractivity contribution in [3.63, 3.8) is 0 Å². The van der Waals surface area contributed by atoms with Crippen LogP contribution in [0.25, 0.3) is 0 Å². The number of unbranched alkanes of at least 4 members (excludes halogenated alkanes) is 4. The second kappa shape index (κ2) is 14.5. The number of esters is 1. The van der Waals surface area contributed by atoms with Crippen LogP contribution in [-0.2, 0) is 14.3 Å². The number of hydrogen-bond acceptors (Lipinski definition) is 4. The summed E-state index contributed by atoms with van der Waals surface area (Å²) < 4.78 is 5.09. The molecule has 5 heteroatoms. The van der Waals surface area contributed by atoms with Gasteiger partial charge >= 0.3 is 35.5 Å². The van der Waals surface area contributed by atoms with Gasteiger partial charge in [-0.2, -0.15) is 0 Å². The average molecular weight is 281 g/mol. The summed E-state index contributed by atoms with van der Waals surface area (Å²) in [6.07, 6.45) is 8.47. The van der Waals surface area contributed by atoms with Gasteiger partial charge in [-0.05, 0) is 6.42 Å². The molecule has 0 aliphatic carbocycles. The molecule has 1 N–H and O–H groups in total. The fraction of sp³-hybridized carbons (Fsp3) is 0.857. The van der Waals surface area contributed by atoms with Crippen molar-refractivity contribution in [2.24, 2.45) is 5.41 Å². The molecule has 0 aliphatic rings. The van der Waals surface area contributed by atoms with E-state index in [1.54, 1.807) is 13.8 Å². The molecule has 0 bridgehead atoms. The van der Waals surface area contributed by atoms with Crippen LogP contribution in [0, 0.1) is 5.41 Å². The summed E-state index contributed by atoms with van der Waals surface area (Å²) >= 11 is 0. The van der Waals surface area contributed by atoms with Crippen LogP contribution in [0.4, 0.5) is 0 Å². The molecule has 0 atom stereocenters. The van der Waals surface area contributed by atoms with Crippen molar-refractivity contribution in [2.45, 2.75) is 65.7 Å². The molecular weight excluding hydrogens is 255 g/mol. The average Bonchev–Trinajstić information content (AvgIpc) is 2.31. The Bertz CT molecular complexity index is 229. The van der Waals surface area contributed by atoms with Gasteiger partial charge in [0.2, 0.25) is 0 Å². The molecule has 0 aromatic carbocycles. The van der Waals surface area contributed by atoms with E-state index in [4.69, 9.17) is 4.74 Å². The molecule has 0 fully saturated rings. The van der Waals surface area contributed by atoms with Gasteiger partial charge in [-0.1, -0.05) is 52.9 Å². The quantitative estimate of drug-likeness (QED) is 0.249. The summed E-state index contributed by atoms with van der Waals surface area (Å²) in [6.45, 7) is 6.23. The first-order chi connectivity index (χ1) is 8.02. The Labute approximate surface area is 139 Å². The van der Waals surface area contributed by atoms with Crippen molar-refractivity contribution in [2.75, 3.05) is 6.61 Å². The number of carbonyl (C=O) groups is 1. The Morgan fingerprint density at radius 2 is 1.74 bits per heavy atom. The Kier molecular flexibility index (Phi) is 18.4. The Hall–Kier alpha value is 0.1000. The second-order valence-corrected chi connectivity index (χ2v) is 5.12. The summed E-state index contributed by atoms with van der Waals surface area (Å²) in [5.41, 5.74) is -0.542. The molecule has 0 aromatic rings. The van der Waals surface area contributed by atoms with Crippen molar-refractivity contribution >= 4 is 12.3 Å². The topological polar surface area (TPSA) is 73.4 Å². The standard InChI is InChI=1S/C14H25O3.Na.H2O/c1-4-5-6-7-8-11-17-13(16)9-10-14(2,3)12-15;;/h4-11H2,1-3H3;;1H2/q-1;+1;/p-1. The van der Waals surface area contributed by atoms with Gasteiger partial charge in [-0.3, -0.25) is 11.1 Å². The number of rotatable bonds is 10. The van der Waals surface area contributed by atoms with E-state index in [2.05, 4.69) is 6.92 Å². The van der Waals surface area contributed by atoms with Crippen molar-refractivity contribution in [1.82, 2.24) is 0 Å². The van der Waals surface area contributed by atoms with E-state index in [1.165, 1.54) is 19.3 Å². The predicted octanol–water partition coefficient (Wildman–Crippen LogP) is 0.243. The van der Waals surface area contributed by atoms with Gasteiger partial charge < -0.3 is 15.0 Å². The normalized spacial score (nSPS) is 10.1. The van der Waals surface area contributed by atoms with Gasteiger partial charge in [0.1, 0.15) is 0 Å². The molecule has 0 saturated carbocycles. The van der Waals surface area contributed by atoms with Crippen LogP contribution in [-0.4, -0.2) is 24.3 Å². The van der Waals surface area contributed by atoms with E-state index in [0.717, 1.165) is 12.8 Å². The zero-order valence-electron chi connectivity index (χ0n) is 12.8. The second-order valence-electron chi connectivity index (χ2n) is 5.12. The minimum Gasteiger partial charge on any atom is -0.870 e. The minimum atomic E-state index is -0.542. The molecular formula is C14H26NaO4-. The minimum absolute atomic E-state index is 0. The van der Waals surface area contributed by atoms with E-state index in [-0.39, 0.29) is 41.0 Å². The Morgan fingerprint density at radius 1 is 1.16 bits per heavy atom. The van der Waals surface area contributed by atoms with Crippen molar-refractivity contribution in [3.8, 4) is 0 Å². The van der Waals surface area contributed by atoms with E-state index in [9.17, 15) is 9.59 Å². The third-order valence-electron chi connectivity index (χ3n) is 2.74. The molecule has 108 valence electrons. The van der Waals surface area contributed by atoms with Gasteiger partial charge in [-0.25, -0.2) is 0 Å². The molecule has 19 heavy (non-hydrogen) atoms. The van der Waals surface area contributed by atoms with Crippen molar-refractivity contribution in [3.05, 3.63) is 0 Å². The summed E-state index contributed by atoms with van der Waals surface area (Å²) in [5, 5.41) is 0. The smallest absolute Gasteiger partial charge is 0.870 e. The van der Waals surface area contributed by atoms with Crippen molar-refractivity contribution in [1.29, 1.82) is 0 Å². The fourth-order valence-corrected chi connectivity index (χ4v) is 1.43. The summed E-state index contributed by atoms with van der Waals surface area (Å²) in [6, 6.07) is 0. The van der Waals surface area contributed by atoms with E-state index < -0.39 is 5.41 Å². The van der Waals surface area contributed by atoms with Crippen LogP contribution in [0.1, 0.15) is 65.7 Å². The fourth-order valence-electron chi connectivity index (χ4n) is 1.43. The van der Waals surface area contributed by atoms with Crippen LogP contribution < -0.4 is 29.6 Å². The van der Waals surface area contributed by atoms with Crippen molar-refractivity contribution < 1.29 is 49.4 Å². The van der Waals surface area contributed by atoms with Gasteiger partial charge in [-0.15, -0.1) is 5.41 Å². The van der Waals surface area contributed by atoms with Crippen LogP contribution >= 0.6 is 0 Å². The van der Waals surface area contributed by atoms with Crippen LogP contribution in [0.5, 0.6) is 0 Å². The summed E-state index contributed by atoms with van der Waals surface area (Å²) in [4.78, 5) is 21.9. The monoisotopic (exact) mass is 281 g/mol. The molecule has 0 heterocycles. The molecule has 0 aromatic heterocycles. The van der Waals surface area contributed by atoms with Gasteiger partial charge in [0.15, 0.2) is 0 Å². The van der Waals surface area contributed by atoms with E-state index in [1.807, 2.05) is 6.29 Å². The maximum Gasteiger partial charge on any atom is 1.00 e. The molecule has 0 amide bonds. The van der Waals surface area contributed by atoms with Crippen LogP contribution in [0.3, 0.4) is 0 Å². The third kappa shape index (κ3) is 16.0. The summed E-state index contributed by atoms with van der Waals surface area (Å²) in [7, 11) is 0. The largest absolute Gasteiger partial charge is 1.00 e. The number of hydrogen-bond donors (Lipinski definition) is 0. The van der Waals surface area contributed by atoms with Gasteiger partial charge in [0, 0.05) is 6.42 Å². The predicted molar refractivity (Wildman–Crippen MR) is 70.4 cm³/mol. The maximum absolute atomic E-state index is 11.3. The first kappa shape index (κ1) is 24.1. The van der Waals surface area contributed by atoms with Crippen LogP contribution in [0.2, 0.25) is 0 Å². The zero-order chi connectivity index (χ0) is 13.1. The SMILES string of the molecule is CCCCCCCOC(=O)CCC(C)(C)[C-]=O.[Na+].[OH-]. The Morgan fingerprint density at radius 3 is 2.26 bits per heavy atom. The molecule has 0 spiro atoms. The molecule has 0 aliphatic heterocycles. The van der Waals surface area contributed by atoms with Gasteiger partial charge in [0.05, 0.1) is 6.61 Å². The van der Waals surface area contributed by atoms with E-state index in [0.29, 0.717) is 19.4 Å². The van der Waals surface area contributed by atoms with Gasteiger partial charge in [0.25, 0.3) is 0 Å².